The van der Waals surface area contributed by atoms with Crippen LogP contribution in [0.4, 0.5) is 101 Å². The largest absolute Gasteiger partial charge is 0.462 e. The number of carbonyl (C=O) groups excluding carboxylic acids is 1. The van der Waals surface area contributed by atoms with Crippen molar-refractivity contribution in [2.45, 2.75) is 66.5 Å². The van der Waals surface area contributed by atoms with Gasteiger partial charge in [-0.2, -0.15) is 101 Å². The van der Waals surface area contributed by atoms with Crippen LogP contribution in [-0.4, -0.2) is 119 Å². The summed E-state index contributed by atoms with van der Waals surface area (Å²) in [7, 11) is 1.23. The summed E-state index contributed by atoms with van der Waals surface area (Å²) in [5.41, 5.74) is 0. The molecule has 300 valence electrons. The summed E-state index contributed by atoms with van der Waals surface area (Å²) < 4.78 is 328. The minimum Gasteiger partial charge on any atom is -0.459 e. The van der Waals surface area contributed by atoms with E-state index < -0.39 is 92.3 Å². The third-order valence-electron chi connectivity index (χ3n) is 4.90. The number of halogens is 23. The van der Waals surface area contributed by atoms with Gasteiger partial charge in [-0.05, 0) is 0 Å². The number of hydrogen-bond donors (Lipinski definition) is 0. The normalized spacial score (nSPS) is 18.3. The van der Waals surface area contributed by atoms with E-state index >= 15 is 0 Å². The topological polar surface area (TPSA) is 81.7 Å². The van der Waals surface area contributed by atoms with Gasteiger partial charge in [-0.3, -0.25) is 14.2 Å². The maximum absolute atomic E-state index is 14.5. The molecule has 0 heterocycles. The molecule has 0 aromatic heterocycles. The molecule has 3 unspecified atom stereocenters. The second-order valence-corrected chi connectivity index (χ2v) is 8.56. The summed E-state index contributed by atoms with van der Waals surface area (Å²) in [6.45, 7) is -3.78. The lowest BCUT2D eigenvalue weighted by atomic mass is 10.2. The zero-order chi connectivity index (χ0) is 40.3. The van der Waals surface area contributed by atoms with Crippen LogP contribution in [0.25, 0.3) is 0 Å². The Hall–Kier alpha value is -2.38. The van der Waals surface area contributed by atoms with Crippen molar-refractivity contribution in [3.8, 4) is 0 Å². The van der Waals surface area contributed by atoms with Crippen LogP contribution >= 0.6 is 0 Å². The van der Waals surface area contributed by atoms with Gasteiger partial charge >= 0.3 is 72.5 Å². The van der Waals surface area contributed by atoms with Crippen molar-refractivity contribution in [2.24, 2.45) is 0 Å². The first kappa shape index (κ1) is 47.6. The van der Waals surface area contributed by atoms with Gasteiger partial charge in [0, 0.05) is 7.11 Å². The van der Waals surface area contributed by atoms with Crippen LogP contribution in [0.3, 0.4) is 0 Å². The van der Waals surface area contributed by atoms with Crippen molar-refractivity contribution in [3.05, 3.63) is 0 Å². The van der Waals surface area contributed by atoms with Crippen molar-refractivity contribution in [1.82, 2.24) is 0 Å². The van der Waals surface area contributed by atoms with E-state index in [-0.39, 0.29) is 19.8 Å². The smallest absolute Gasteiger partial charge is 0.459 e. The number of rotatable bonds is 19. The number of methoxy groups -OCH3 is 1. The summed E-state index contributed by atoms with van der Waals surface area (Å²) in [5.74, 6) is -36.8. The van der Waals surface area contributed by atoms with E-state index in [4.69, 9.17) is 4.74 Å². The summed E-state index contributed by atoms with van der Waals surface area (Å²) >= 11 is 0. The lowest BCUT2D eigenvalue weighted by molar-refractivity contribution is -0.578. The van der Waals surface area contributed by atoms with Crippen LogP contribution in [0.5, 0.6) is 0 Å². The van der Waals surface area contributed by atoms with E-state index in [1.165, 1.54) is 11.8 Å². The molecule has 0 aromatic rings. The van der Waals surface area contributed by atoms with Crippen LogP contribution < -0.4 is 0 Å². The van der Waals surface area contributed by atoms with Gasteiger partial charge in [0.1, 0.15) is 6.61 Å². The van der Waals surface area contributed by atoms with E-state index in [0.29, 0.717) is 0 Å². The van der Waals surface area contributed by atoms with Gasteiger partial charge < -0.3 is 18.9 Å². The van der Waals surface area contributed by atoms with Crippen molar-refractivity contribution in [3.63, 3.8) is 0 Å². The number of hydrogen-bond acceptors (Lipinski definition) is 8. The first-order valence-corrected chi connectivity index (χ1v) is 11.6. The minimum atomic E-state index is -8.78. The first-order chi connectivity index (χ1) is 21.9. The molecule has 31 heteroatoms. The molecule has 0 saturated carbocycles. The number of carbonyl (C=O) groups is 1. The highest BCUT2D eigenvalue weighted by Gasteiger charge is 2.88. The molecule has 0 saturated heterocycles. The Morgan fingerprint density at radius 1 is 0.420 bits per heavy atom. The fourth-order valence-electron chi connectivity index (χ4n) is 2.42. The molecule has 0 N–H and O–H groups in total. The standard InChI is InChI=1S/C19H15F23O8/c1-44-2-3-45-4-5-46-6-7-47-8(43)9(20,13(25,26)27)48-18(39,40)11(23,15(31,32)33)50-19(41,42)12(24,16(34,35)36)49-17(37,38)10(21,22)14(28,29)30/h2-7H2,1H3. The molecule has 0 aromatic carbocycles. The van der Waals surface area contributed by atoms with Gasteiger partial charge in [0.05, 0.1) is 33.0 Å². The molecule has 50 heavy (non-hydrogen) atoms. The van der Waals surface area contributed by atoms with Crippen molar-refractivity contribution < 1.29 is 139 Å². The summed E-state index contributed by atoms with van der Waals surface area (Å²) in [5, 5.41) is 0. The lowest BCUT2D eigenvalue weighted by Crippen LogP contribution is -2.70. The average Bonchev–Trinajstić information content (AvgIpc) is 2.88. The van der Waals surface area contributed by atoms with Crippen LogP contribution in [-0.2, 0) is 38.0 Å². The molecule has 8 nitrogen and oxygen atoms in total. The monoisotopic (exact) mass is 808 g/mol. The van der Waals surface area contributed by atoms with Gasteiger partial charge in [0.2, 0.25) is 0 Å². The Kier molecular flexibility index (Phi) is 14.6. The van der Waals surface area contributed by atoms with Crippen molar-refractivity contribution >= 4 is 5.97 Å². The zero-order valence-electron chi connectivity index (χ0n) is 23.2. The molecular formula is C19H15F23O8. The fourth-order valence-corrected chi connectivity index (χ4v) is 2.42. The van der Waals surface area contributed by atoms with Crippen LogP contribution in [0, 0.1) is 0 Å². The van der Waals surface area contributed by atoms with E-state index in [2.05, 4.69) is 14.2 Å². The third kappa shape index (κ3) is 9.93. The second-order valence-electron chi connectivity index (χ2n) is 8.56. The number of alkyl halides is 23. The Bertz CT molecular complexity index is 1100. The first-order valence-electron chi connectivity index (χ1n) is 11.6. The fraction of sp³-hybridized carbons (Fsp3) is 0.947. The van der Waals surface area contributed by atoms with Crippen molar-refractivity contribution in [2.75, 3.05) is 46.8 Å². The van der Waals surface area contributed by atoms with E-state index in [1.54, 1.807) is 4.74 Å². The highest BCUT2D eigenvalue weighted by Crippen LogP contribution is 2.59. The van der Waals surface area contributed by atoms with E-state index in [9.17, 15) is 106 Å². The van der Waals surface area contributed by atoms with E-state index in [1.807, 2.05) is 0 Å². The highest BCUT2D eigenvalue weighted by molar-refractivity contribution is 5.78. The molecule has 0 aliphatic carbocycles. The van der Waals surface area contributed by atoms with Crippen LogP contribution in [0.2, 0.25) is 0 Å². The summed E-state index contributed by atoms with van der Waals surface area (Å²) in [6, 6.07) is 0. The molecule has 0 aliphatic heterocycles. The Balaban J connectivity index is 6.72. The lowest BCUT2D eigenvalue weighted by Gasteiger charge is -2.42. The van der Waals surface area contributed by atoms with Gasteiger partial charge in [-0.15, -0.1) is 0 Å². The van der Waals surface area contributed by atoms with Crippen LogP contribution in [0.15, 0.2) is 0 Å². The number of esters is 1. The molecule has 0 rings (SSSR count). The van der Waals surface area contributed by atoms with Gasteiger partial charge in [-0.25, -0.2) is 4.79 Å². The molecule has 0 radical (unpaired) electrons. The van der Waals surface area contributed by atoms with Gasteiger partial charge in [0.25, 0.3) is 0 Å². The molecule has 0 bridgehead atoms. The molecule has 0 fully saturated rings. The maximum Gasteiger partial charge on any atom is 0.462 e. The summed E-state index contributed by atoms with van der Waals surface area (Å²) in [6.07, 6.45) is -57.8. The Labute approximate surface area is 259 Å². The quantitative estimate of drug-likeness (QED) is 0.0792. The molecule has 0 amide bonds. The predicted octanol–water partition coefficient (Wildman–Crippen LogP) is 6.92. The molecule has 3 atom stereocenters. The minimum absolute atomic E-state index is 0.0248. The zero-order valence-corrected chi connectivity index (χ0v) is 23.2. The summed E-state index contributed by atoms with van der Waals surface area (Å²) in [4.78, 5) is 11.5. The molecule has 0 aliphatic rings. The van der Waals surface area contributed by atoms with Crippen LogP contribution in [0.1, 0.15) is 0 Å². The van der Waals surface area contributed by atoms with E-state index in [0.717, 1.165) is 4.74 Å². The van der Waals surface area contributed by atoms with Gasteiger partial charge in [0.15, 0.2) is 0 Å². The number of ether oxygens (including phenoxy) is 7. The molecule has 0 spiro atoms. The Morgan fingerprint density at radius 3 is 1.10 bits per heavy atom. The van der Waals surface area contributed by atoms with Crippen molar-refractivity contribution in [1.29, 1.82) is 0 Å². The third-order valence-corrected chi connectivity index (χ3v) is 4.90. The van der Waals surface area contributed by atoms with Gasteiger partial charge in [-0.1, -0.05) is 0 Å². The SMILES string of the molecule is COCCOCCOCCOC(=O)C(F)(OC(F)(F)C(F)(OC(F)(F)C(F)(OC(F)(F)C(F)(F)C(F)(F)F)C(F)(F)F)C(F)(F)F)C(F)(F)F. The second kappa shape index (κ2) is 15.3. The average molecular weight is 808 g/mol. The predicted molar refractivity (Wildman–Crippen MR) is 103 cm³/mol. The highest BCUT2D eigenvalue weighted by atomic mass is 19.4. The molecular weight excluding hydrogens is 793 g/mol. The maximum atomic E-state index is 14.5. The Morgan fingerprint density at radius 2 is 0.760 bits per heavy atom.